The third-order valence-corrected chi connectivity index (χ3v) is 2.29. The van der Waals surface area contributed by atoms with Gasteiger partial charge in [-0.2, -0.15) is 4.98 Å². The number of methoxy groups -OCH3 is 1. The van der Waals surface area contributed by atoms with Crippen LogP contribution in [0, 0.1) is 0 Å². The molecule has 0 amide bonds. The Hall–Kier alpha value is -1.17. The summed E-state index contributed by atoms with van der Waals surface area (Å²) in [5.41, 5.74) is 0. The molecule has 0 aromatic carbocycles. The molecule has 1 heterocycles. The Balaban J connectivity index is 2.46. The van der Waals surface area contributed by atoms with Crippen LogP contribution in [0.1, 0.15) is 0 Å². The zero-order chi connectivity index (χ0) is 10.4. The molecule has 78 valence electrons. The van der Waals surface area contributed by atoms with E-state index < -0.39 is 10.8 Å². The highest BCUT2D eigenvalue weighted by molar-refractivity contribution is 7.84. The predicted molar refractivity (Wildman–Crippen MR) is 56.0 cm³/mol. The minimum absolute atomic E-state index is 0.495. The second-order valence-electron chi connectivity index (χ2n) is 2.63. The summed E-state index contributed by atoms with van der Waals surface area (Å²) in [6.45, 7) is 0.594. The topological polar surface area (TPSA) is 64.1 Å². The number of hydrogen-bond donors (Lipinski definition) is 1. The van der Waals surface area contributed by atoms with Crippen molar-refractivity contribution >= 4 is 16.7 Å². The van der Waals surface area contributed by atoms with E-state index in [1.165, 1.54) is 0 Å². The van der Waals surface area contributed by atoms with Crippen molar-refractivity contribution < 1.29 is 8.95 Å². The minimum Gasteiger partial charge on any atom is -0.481 e. The van der Waals surface area contributed by atoms with Gasteiger partial charge in [-0.3, -0.25) is 4.21 Å². The molecule has 5 nitrogen and oxygen atoms in total. The molecule has 0 aliphatic rings. The third-order valence-electron chi connectivity index (χ3n) is 1.51. The van der Waals surface area contributed by atoms with E-state index >= 15 is 0 Å². The molecular formula is C8H13N3O2S. The van der Waals surface area contributed by atoms with Gasteiger partial charge >= 0.3 is 0 Å². The fourth-order valence-corrected chi connectivity index (χ4v) is 1.24. The van der Waals surface area contributed by atoms with Crippen LogP contribution in [0.25, 0.3) is 0 Å². The molecule has 1 aromatic rings. The highest BCUT2D eigenvalue weighted by Crippen LogP contribution is 2.06. The molecule has 0 radical (unpaired) electrons. The fraction of sp³-hybridized carbons (Fsp3) is 0.500. The van der Waals surface area contributed by atoms with Crippen molar-refractivity contribution in [3.8, 4) is 5.88 Å². The average molecular weight is 215 g/mol. The summed E-state index contributed by atoms with van der Waals surface area (Å²) in [6.07, 6.45) is 3.27. The predicted octanol–water partition coefficient (Wildman–Crippen LogP) is 0.276. The quantitative estimate of drug-likeness (QED) is 0.764. The molecule has 1 rings (SSSR count). The van der Waals surface area contributed by atoms with E-state index in [1.54, 1.807) is 25.6 Å². The van der Waals surface area contributed by atoms with Crippen LogP contribution in [0.5, 0.6) is 5.88 Å². The van der Waals surface area contributed by atoms with Crippen LogP contribution in [-0.2, 0) is 10.8 Å². The number of nitrogens with one attached hydrogen (secondary N) is 1. The number of aromatic nitrogens is 2. The van der Waals surface area contributed by atoms with Gasteiger partial charge in [0.15, 0.2) is 0 Å². The van der Waals surface area contributed by atoms with Crippen LogP contribution in [0.2, 0.25) is 0 Å². The maximum absolute atomic E-state index is 10.8. The van der Waals surface area contributed by atoms with Crippen molar-refractivity contribution in [2.45, 2.75) is 0 Å². The van der Waals surface area contributed by atoms with Crippen molar-refractivity contribution in [2.24, 2.45) is 0 Å². The number of nitrogens with zero attached hydrogens (tertiary/aromatic N) is 2. The number of hydrogen-bond acceptors (Lipinski definition) is 5. The molecule has 0 saturated heterocycles. The van der Waals surface area contributed by atoms with Crippen LogP contribution in [-0.4, -0.2) is 39.8 Å². The first-order chi connectivity index (χ1) is 6.72. The fourth-order valence-electron chi connectivity index (χ4n) is 0.848. The van der Waals surface area contributed by atoms with E-state index in [9.17, 15) is 4.21 Å². The number of ether oxygens (including phenoxy) is 1. The average Bonchev–Trinajstić information content (AvgIpc) is 2.18. The second kappa shape index (κ2) is 5.54. The van der Waals surface area contributed by atoms with Crippen molar-refractivity contribution in [2.75, 3.05) is 31.0 Å². The second-order valence-corrected chi connectivity index (χ2v) is 4.18. The largest absolute Gasteiger partial charge is 0.481 e. The van der Waals surface area contributed by atoms with E-state index in [2.05, 4.69) is 15.3 Å². The Bertz CT molecular complexity index is 319. The van der Waals surface area contributed by atoms with Gasteiger partial charge in [0.05, 0.1) is 7.11 Å². The summed E-state index contributed by atoms with van der Waals surface area (Å²) < 4.78 is 15.7. The van der Waals surface area contributed by atoms with Gasteiger partial charge in [0.2, 0.25) is 11.8 Å². The van der Waals surface area contributed by atoms with Gasteiger partial charge in [0, 0.05) is 41.6 Å². The number of anilines is 1. The van der Waals surface area contributed by atoms with Gasteiger partial charge < -0.3 is 10.1 Å². The molecular weight excluding hydrogens is 202 g/mol. The normalized spacial score (nSPS) is 12.1. The van der Waals surface area contributed by atoms with Crippen LogP contribution in [0.3, 0.4) is 0 Å². The summed E-state index contributed by atoms with van der Waals surface area (Å²) >= 11 is 0. The monoisotopic (exact) mass is 215 g/mol. The summed E-state index contributed by atoms with van der Waals surface area (Å²) in [5.74, 6) is 1.59. The minimum atomic E-state index is -0.796. The highest BCUT2D eigenvalue weighted by Gasteiger charge is 1.98. The highest BCUT2D eigenvalue weighted by atomic mass is 32.2. The first-order valence-corrected chi connectivity index (χ1v) is 5.86. The summed E-state index contributed by atoms with van der Waals surface area (Å²) in [4.78, 5) is 8.03. The van der Waals surface area contributed by atoms with Gasteiger partial charge in [-0.05, 0) is 0 Å². The Morgan fingerprint density at radius 1 is 1.64 bits per heavy atom. The first kappa shape index (κ1) is 10.9. The first-order valence-electron chi connectivity index (χ1n) is 4.13. The molecule has 0 aliphatic carbocycles. The zero-order valence-corrected chi connectivity index (χ0v) is 9.00. The lowest BCUT2D eigenvalue weighted by Gasteiger charge is -2.04. The third kappa shape index (κ3) is 3.69. The zero-order valence-electron chi connectivity index (χ0n) is 8.19. The van der Waals surface area contributed by atoms with E-state index in [4.69, 9.17) is 4.74 Å². The maximum atomic E-state index is 10.8. The summed E-state index contributed by atoms with van der Waals surface area (Å²) in [6, 6.07) is 1.67. The maximum Gasteiger partial charge on any atom is 0.225 e. The molecule has 0 aliphatic heterocycles. The Morgan fingerprint density at radius 2 is 2.43 bits per heavy atom. The van der Waals surface area contributed by atoms with Crippen LogP contribution >= 0.6 is 0 Å². The van der Waals surface area contributed by atoms with E-state index in [0.717, 1.165) is 0 Å². The molecule has 1 atom stereocenters. The van der Waals surface area contributed by atoms with Crippen molar-refractivity contribution in [1.29, 1.82) is 0 Å². The lowest BCUT2D eigenvalue weighted by molar-refractivity contribution is 0.397. The van der Waals surface area contributed by atoms with Gasteiger partial charge in [-0.1, -0.05) is 0 Å². The summed E-state index contributed by atoms with van der Waals surface area (Å²) in [7, 11) is 0.753. The Labute approximate surface area is 85.4 Å². The molecule has 0 spiro atoms. The van der Waals surface area contributed by atoms with Crippen LogP contribution in [0.15, 0.2) is 12.3 Å². The molecule has 1 N–H and O–H groups in total. The van der Waals surface area contributed by atoms with E-state index in [1.807, 2.05) is 0 Å². The Morgan fingerprint density at radius 3 is 3.07 bits per heavy atom. The standard InChI is InChI=1S/C8H13N3O2S/c1-13-7-3-4-9-8(11-7)10-5-6-14(2)12/h3-4H,5-6H2,1-2H3,(H,9,10,11). The van der Waals surface area contributed by atoms with E-state index in [-0.39, 0.29) is 0 Å². The molecule has 14 heavy (non-hydrogen) atoms. The van der Waals surface area contributed by atoms with E-state index in [0.29, 0.717) is 24.1 Å². The molecule has 0 saturated carbocycles. The van der Waals surface area contributed by atoms with Gasteiger partial charge in [-0.25, -0.2) is 4.98 Å². The molecule has 0 bridgehead atoms. The molecule has 0 fully saturated rings. The number of rotatable bonds is 5. The molecule has 1 unspecified atom stereocenters. The smallest absolute Gasteiger partial charge is 0.225 e. The van der Waals surface area contributed by atoms with Gasteiger partial charge in [-0.15, -0.1) is 0 Å². The van der Waals surface area contributed by atoms with Gasteiger partial charge in [0.25, 0.3) is 0 Å². The van der Waals surface area contributed by atoms with Crippen LogP contribution in [0.4, 0.5) is 5.95 Å². The Kier molecular flexibility index (Phi) is 4.31. The van der Waals surface area contributed by atoms with Crippen molar-refractivity contribution in [3.05, 3.63) is 12.3 Å². The van der Waals surface area contributed by atoms with Crippen molar-refractivity contribution in [3.63, 3.8) is 0 Å². The lowest BCUT2D eigenvalue weighted by Crippen LogP contribution is -2.11. The molecule has 6 heteroatoms. The summed E-state index contributed by atoms with van der Waals surface area (Å²) in [5, 5.41) is 2.96. The molecule has 1 aromatic heterocycles. The lowest BCUT2D eigenvalue weighted by atomic mass is 10.6. The van der Waals surface area contributed by atoms with Gasteiger partial charge in [0.1, 0.15) is 0 Å². The SMILES string of the molecule is COc1ccnc(NCCS(C)=O)n1. The van der Waals surface area contributed by atoms with Crippen LogP contribution < -0.4 is 10.1 Å². The van der Waals surface area contributed by atoms with Crippen molar-refractivity contribution in [1.82, 2.24) is 9.97 Å².